The minimum absolute atomic E-state index is 0.184. The Labute approximate surface area is 116 Å². The Morgan fingerprint density at radius 2 is 2.39 bits per heavy atom. The van der Waals surface area contributed by atoms with Crippen molar-refractivity contribution in [2.45, 2.75) is 18.9 Å². The number of halogens is 1. The summed E-state index contributed by atoms with van der Waals surface area (Å²) in [4.78, 5) is 1.37. The summed E-state index contributed by atoms with van der Waals surface area (Å²) in [5.41, 5.74) is 1.44. The van der Waals surface area contributed by atoms with Crippen LogP contribution >= 0.6 is 22.9 Å². The Hall–Kier alpha value is -0.610. The average molecular weight is 282 g/mol. The molecular weight excluding hydrogens is 266 g/mol. The number of hydrogen-bond acceptors (Lipinski definition) is 3. The number of hydrogen-bond donors (Lipinski definition) is 1. The molecule has 1 aliphatic heterocycles. The van der Waals surface area contributed by atoms with Crippen molar-refractivity contribution in [2.24, 2.45) is 0 Å². The lowest BCUT2D eigenvalue weighted by Crippen LogP contribution is -2.18. The van der Waals surface area contributed by atoms with Crippen molar-refractivity contribution >= 4 is 33.0 Å². The van der Waals surface area contributed by atoms with Gasteiger partial charge in [0, 0.05) is 27.8 Å². The predicted octanol–water partition coefficient (Wildman–Crippen LogP) is 3.78. The summed E-state index contributed by atoms with van der Waals surface area (Å²) in [5.74, 6) is 0. The van der Waals surface area contributed by atoms with Crippen molar-refractivity contribution in [1.82, 2.24) is 5.32 Å². The van der Waals surface area contributed by atoms with Gasteiger partial charge in [-0.25, -0.2) is 0 Å². The topological polar surface area (TPSA) is 21.3 Å². The SMILES string of the molecule is CNCC1OCCCc2c1sc1ccc(Cl)cc21. The highest BCUT2D eigenvalue weighted by atomic mass is 35.5. The summed E-state index contributed by atoms with van der Waals surface area (Å²) >= 11 is 7.96. The van der Waals surface area contributed by atoms with Gasteiger partial charge in [-0.1, -0.05) is 11.6 Å². The number of aryl methyl sites for hydroxylation is 1. The van der Waals surface area contributed by atoms with Crippen molar-refractivity contribution in [2.75, 3.05) is 20.2 Å². The number of thiophene rings is 1. The van der Waals surface area contributed by atoms with Crippen LogP contribution in [0.2, 0.25) is 5.02 Å². The molecule has 4 heteroatoms. The van der Waals surface area contributed by atoms with Gasteiger partial charge in [0.25, 0.3) is 0 Å². The van der Waals surface area contributed by atoms with Crippen molar-refractivity contribution in [3.05, 3.63) is 33.7 Å². The number of ether oxygens (including phenoxy) is 1. The standard InChI is InChI=1S/C14H16ClNOS/c1-16-8-12-14-10(3-2-6-17-12)11-7-9(15)4-5-13(11)18-14/h4-5,7,12,16H,2-3,6,8H2,1H3. The second-order valence-corrected chi connectivity index (χ2v) is 6.13. The first kappa shape index (κ1) is 12.4. The van der Waals surface area contributed by atoms with E-state index in [0.717, 1.165) is 31.0 Å². The van der Waals surface area contributed by atoms with E-state index in [9.17, 15) is 0 Å². The molecule has 2 aromatic rings. The van der Waals surface area contributed by atoms with Gasteiger partial charge < -0.3 is 10.1 Å². The van der Waals surface area contributed by atoms with Gasteiger partial charge in [-0.2, -0.15) is 0 Å². The van der Waals surface area contributed by atoms with E-state index < -0.39 is 0 Å². The van der Waals surface area contributed by atoms with E-state index in [4.69, 9.17) is 16.3 Å². The molecule has 0 bridgehead atoms. The zero-order chi connectivity index (χ0) is 12.5. The Morgan fingerprint density at radius 3 is 3.22 bits per heavy atom. The molecule has 0 fully saturated rings. The summed E-state index contributed by atoms with van der Waals surface area (Å²) in [7, 11) is 1.97. The Bertz CT molecular complexity index is 566. The first-order valence-electron chi connectivity index (χ1n) is 6.26. The van der Waals surface area contributed by atoms with Crippen LogP contribution in [0.25, 0.3) is 10.1 Å². The van der Waals surface area contributed by atoms with E-state index >= 15 is 0 Å². The molecule has 2 nitrogen and oxygen atoms in total. The molecule has 0 amide bonds. The van der Waals surface area contributed by atoms with E-state index in [1.165, 1.54) is 20.5 Å². The molecule has 18 heavy (non-hydrogen) atoms. The molecule has 1 atom stereocenters. The molecule has 0 saturated carbocycles. The van der Waals surface area contributed by atoms with E-state index in [1.807, 2.05) is 24.5 Å². The summed E-state index contributed by atoms with van der Waals surface area (Å²) in [6.07, 6.45) is 2.37. The zero-order valence-electron chi connectivity index (χ0n) is 10.3. The van der Waals surface area contributed by atoms with Crippen molar-refractivity contribution in [1.29, 1.82) is 0 Å². The second-order valence-electron chi connectivity index (χ2n) is 4.61. The quantitative estimate of drug-likeness (QED) is 0.905. The van der Waals surface area contributed by atoms with Crippen molar-refractivity contribution in [3.8, 4) is 0 Å². The van der Waals surface area contributed by atoms with Crippen molar-refractivity contribution in [3.63, 3.8) is 0 Å². The fraction of sp³-hybridized carbons (Fsp3) is 0.429. The fourth-order valence-electron chi connectivity index (χ4n) is 2.54. The van der Waals surface area contributed by atoms with Crippen LogP contribution in [-0.4, -0.2) is 20.2 Å². The largest absolute Gasteiger partial charge is 0.371 e. The number of rotatable bonds is 2. The van der Waals surface area contributed by atoms with Crippen LogP contribution in [0.15, 0.2) is 18.2 Å². The van der Waals surface area contributed by atoms with Gasteiger partial charge in [-0.05, 0) is 49.0 Å². The predicted molar refractivity (Wildman–Crippen MR) is 77.8 cm³/mol. The van der Waals surface area contributed by atoms with Crippen LogP contribution in [-0.2, 0) is 11.2 Å². The number of benzene rings is 1. The number of fused-ring (bicyclic) bond motifs is 3. The lowest BCUT2D eigenvalue weighted by Gasteiger charge is -2.14. The Kier molecular flexibility index (Phi) is 3.57. The van der Waals surface area contributed by atoms with Gasteiger partial charge in [0.15, 0.2) is 0 Å². The van der Waals surface area contributed by atoms with E-state index in [2.05, 4.69) is 17.4 Å². The third-order valence-electron chi connectivity index (χ3n) is 3.36. The monoisotopic (exact) mass is 281 g/mol. The fourth-order valence-corrected chi connectivity index (χ4v) is 4.00. The minimum Gasteiger partial charge on any atom is -0.371 e. The van der Waals surface area contributed by atoms with Gasteiger partial charge in [0.2, 0.25) is 0 Å². The molecule has 0 radical (unpaired) electrons. The van der Waals surface area contributed by atoms with E-state index in [1.54, 1.807) is 0 Å². The molecule has 1 aliphatic rings. The molecule has 1 unspecified atom stereocenters. The Balaban J connectivity index is 2.14. The first-order valence-corrected chi connectivity index (χ1v) is 7.46. The summed E-state index contributed by atoms with van der Waals surface area (Å²) in [6.45, 7) is 1.71. The van der Waals surface area contributed by atoms with Crippen LogP contribution in [0.4, 0.5) is 0 Å². The molecular formula is C14H16ClNOS. The number of nitrogens with one attached hydrogen (secondary N) is 1. The lowest BCUT2D eigenvalue weighted by atomic mass is 10.0. The molecule has 1 N–H and O–H groups in total. The zero-order valence-corrected chi connectivity index (χ0v) is 11.9. The highest BCUT2D eigenvalue weighted by Crippen LogP contribution is 2.39. The van der Waals surface area contributed by atoms with Gasteiger partial charge >= 0.3 is 0 Å². The van der Waals surface area contributed by atoms with E-state index in [-0.39, 0.29) is 6.10 Å². The first-order chi connectivity index (χ1) is 8.79. The maximum absolute atomic E-state index is 6.12. The van der Waals surface area contributed by atoms with Gasteiger partial charge in [0.1, 0.15) is 6.10 Å². The number of likely N-dealkylation sites (N-methyl/N-ethyl adjacent to an activating group) is 1. The highest BCUT2D eigenvalue weighted by Gasteiger charge is 2.23. The second kappa shape index (κ2) is 5.17. The summed E-state index contributed by atoms with van der Waals surface area (Å²) in [5, 5.41) is 5.35. The third-order valence-corrected chi connectivity index (χ3v) is 4.90. The van der Waals surface area contributed by atoms with E-state index in [0.29, 0.717) is 0 Å². The molecule has 3 rings (SSSR count). The van der Waals surface area contributed by atoms with Gasteiger partial charge in [0.05, 0.1) is 0 Å². The maximum atomic E-state index is 6.12. The molecule has 0 aliphatic carbocycles. The molecule has 0 spiro atoms. The van der Waals surface area contributed by atoms with Crippen LogP contribution in [0, 0.1) is 0 Å². The van der Waals surface area contributed by atoms with Crippen molar-refractivity contribution < 1.29 is 4.74 Å². The summed E-state index contributed by atoms with van der Waals surface area (Å²) < 4.78 is 7.26. The third kappa shape index (κ3) is 2.16. The smallest absolute Gasteiger partial charge is 0.104 e. The molecule has 96 valence electrons. The van der Waals surface area contributed by atoms with Crippen LogP contribution < -0.4 is 5.32 Å². The molecule has 1 aromatic carbocycles. The Morgan fingerprint density at radius 1 is 1.50 bits per heavy atom. The van der Waals surface area contributed by atoms with Crippen LogP contribution in [0.1, 0.15) is 23.0 Å². The normalized spacial score (nSPS) is 19.8. The van der Waals surface area contributed by atoms with Crippen LogP contribution in [0.3, 0.4) is 0 Å². The van der Waals surface area contributed by atoms with Gasteiger partial charge in [-0.15, -0.1) is 11.3 Å². The molecule has 1 aromatic heterocycles. The lowest BCUT2D eigenvalue weighted by molar-refractivity contribution is 0.0600. The average Bonchev–Trinajstić information content (AvgIpc) is 2.59. The molecule has 0 saturated heterocycles. The minimum atomic E-state index is 0.184. The van der Waals surface area contributed by atoms with Gasteiger partial charge in [-0.3, -0.25) is 0 Å². The maximum Gasteiger partial charge on any atom is 0.104 e. The van der Waals surface area contributed by atoms with Crippen LogP contribution in [0.5, 0.6) is 0 Å². The highest BCUT2D eigenvalue weighted by molar-refractivity contribution is 7.19. The summed E-state index contributed by atoms with van der Waals surface area (Å²) in [6, 6.07) is 6.18. The molecule has 2 heterocycles.